The van der Waals surface area contributed by atoms with Crippen molar-refractivity contribution in [2.45, 2.75) is 32.6 Å². The van der Waals surface area contributed by atoms with E-state index in [9.17, 15) is 4.79 Å². The summed E-state index contributed by atoms with van der Waals surface area (Å²) in [7, 11) is 0. The molecule has 0 radical (unpaired) electrons. The Kier molecular flexibility index (Phi) is 4.34. The Labute approximate surface area is 166 Å². The highest BCUT2D eigenvalue weighted by Gasteiger charge is 2.28. The minimum atomic E-state index is -0.177. The number of nitrogens with zero attached hydrogens (tertiary/aromatic N) is 6. The molecule has 1 aliphatic carbocycles. The molecule has 0 spiro atoms. The molecule has 0 aromatic carbocycles. The average Bonchev–Trinajstić information content (AvgIpc) is 3.23. The Hall–Kier alpha value is -2.75. The first-order chi connectivity index (χ1) is 13.7. The fourth-order valence-electron chi connectivity index (χ4n) is 3.72. The average molecular weight is 398 g/mol. The topological polar surface area (TPSA) is 100 Å². The zero-order valence-corrected chi connectivity index (χ0v) is 16.5. The van der Waals surface area contributed by atoms with Gasteiger partial charge in [-0.25, -0.2) is 9.78 Å². The highest BCUT2D eigenvalue weighted by molar-refractivity contribution is 7.15. The van der Waals surface area contributed by atoms with Crippen molar-refractivity contribution >= 4 is 34.0 Å². The molecule has 0 atom stereocenters. The van der Waals surface area contributed by atoms with Crippen LogP contribution >= 0.6 is 11.3 Å². The molecule has 3 aromatic rings. The second kappa shape index (κ2) is 7.01. The molecule has 2 N–H and O–H groups in total. The van der Waals surface area contributed by atoms with Gasteiger partial charge >= 0.3 is 6.03 Å². The molecule has 9 nitrogen and oxygen atoms in total. The third kappa shape index (κ3) is 3.28. The van der Waals surface area contributed by atoms with Crippen LogP contribution in [0.1, 0.15) is 29.2 Å². The van der Waals surface area contributed by atoms with E-state index in [1.165, 1.54) is 17.7 Å². The van der Waals surface area contributed by atoms with Gasteiger partial charge in [0.05, 0.1) is 5.69 Å². The van der Waals surface area contributed by atoms with Gasteiger partial charge in [0.2, 0.25) is 0 Å². The maximum Gasteiger partial charge on any atom is 0.321 e. The van der Waals surface area contributed by atoms with Crippen LogP contribution in [0.25, 0.3) is 5.65 Å². The van der Waals surface area contributed by atoms with Crippen LogP contribution in [0.5, 0.6) is 0 Å². The summed E-state index contributed by atoms with van der Waals surface area (Å²) in [6, 6.07) is 3.71. The number of aromatic nitrogens is 5. The molecule has 3 aromatic heterocycles. The van der Waals surface area contributed by atoms with E-state index in [4.69, 9.17) is 0 Å². The molecule has 0 bridgehead atoms. The standard InChI is InChI=1S/C18H22N8OS/c1-11-22-23-15-6-7-16(24-26(11)15)25-9-12(10-25)8-19-17(27)21-18-20-13-4-2-3-5-14(13)28-18/h6-7,12H,2-5,8-10H2,1H3,(H2,19,20,21,27). The number of hydrogen-bond acceptors (Lipinski definition) is 7. The van der Waals surface area contributed by atoms with Gasteiger partial charge in [-0.2, -0.15) is 4.52 Å². The zero-order valence-electron chi connectivity index (χ0n) is 15.7. The van der Waals surface area contributed by atoms with Crippen LogP contribution in [0.3, 0.4) is 0 Å². The lowest BCUT2D eigenvalue weighted by atomic mass is 10.0. The smallest absolute Gasteiger partial charge is 0.321 e. The van der Waals surface area contributed by atoms with Crippen molar-refractivity contribution in [1.82, 2.24) is 30.1 Å². The van der Waals surface area contributed by atoms with Gasteiger partial charge in [0.1, 0.15) is 5.82 Å². The van der Waals surface area contributed by atoms with Crippen molar-refractivity contribution in [3.05, 3.63) is 28.5 Å². The third-order valence-electron chi connectivity index (χ3n) is 5.30. The Morgan fingerprint density at radius 1 is 1.25 bits per heavy atom. The highest BCUT2D eigenvalue weighted by Crippen LogP contribution is 2.29. The zero-order chi connectivity index (χ0) is 19.1. The second-order valence-electron chi connectivity index (χ2n) is 7.41. The number of anilines is 2. The summed E-state index contributed by atoms with van der Waals surface area (Å²) in [5, 5.41) is 19.2. The van der Waals surface area contributed by atoms with Gasteiger partial charge in [-0.05, 0) is 44.7 Å². The minimum Gasteiger partial charge on any atom is -0.354 e. The number of urea groups is 1. The van der Waals surface area contributed by atoms with E-state index in [1.807, 2.05) is 19.1 Å². The predicted molar refractivity (Wildman–Crippen MR) is 107 cm³/mol. The van der Waals surface area contributed by atoms with Crippen molar-refractivity contribution < 1.29 is 4.79 Å². The van der Waals surface area contributed by atoms with Crippen LogP contribution in [0.15, 0.2) is 12.1 Å². The molecule has 10 heteroatoms. The van der Waals surface area contributed by atoms with E-state index in [0.717, 1.165) is 48.9 Å². The van der Waals surface area contributed by atoms with Gasteiger partial charge in [0, 0.05) is 30.4 Å². The molecule has 4 heterocycles. The Morgan fingerprint density at radius 3 is 2.96 bits per heavy atom. The van der Waals surface area contributed by atoms with Crippen molar-refractivity contribution in [3.63, 3.8) is 0 Å². The summed E-state index contributed by atoms with van der Waals surface area (Å²) in [5.41, 5.74) is 1.91. The Bertz CT molecular complexity index is 998. The van der Waals surface area contributed by atoms with Gasteiger partial charge in [-0.1, -0.05) is 0 Å². The van der Waals surface area contributed by atoms with Gasteiger partial charge in [-0.15, -0.1) is 26.6 Å². The van der Waals surface area contributed by atoms with Gasteiger partial charge in [-0.3, -0.25) is 5.32 Å². The largest absolute Gasteiger partial charge is 0.354 e. The highest BCUT2D eigenvalue weighted by atomic mass is 32.1. The first-order valence-corrected chi connectivity index (χ1v) is 10.4. The predicted octanol–water partition coefficient (Wildman–Crippen LogP) is 2.03. The summed E-state index contributed by atoms with van der Waals surface area (Å²) in [5.74, 6) is 2.09. The summed E-state index contributed by atoms with van der Waals surface area (Å²) in [4.78, 5) is 20.2. The fraction of sp³-hybridized carbons (Fsp3) is 0.500. The van der Waals surface area contributed by atoms with Crippen LogP contribution in [0.4, 0.5) is 15.7 Å². The molecule has 2 amide bonds. The van der Waals surface area contributed by atoms with Crippen LogP contribution in [-0.2, 0) is 12.8 Å². The number of rotatable bonds is 4. The van der Waals surface area contributed by atoms with Crippen LogP contribution in [-0.4, -0.2) is 50.5 Å². The summed E-state index contributed by atoms with van der Waals surface area (Å²) in [6.45, 7) is 4.26. The van der Waals surface area contributed by atoms with Crippen molar-refractivity contribution in [3.8, 4) is 0 Å². The molecular formula is C18H22N8OS. The van der Waals surface area contributed by atoms with E-state index < -0.39 is 0 Å². The lowest BCUT2D eigenvalue weighted by Crippen LogP contribution is -2.52. The molecule has 28 heavy (non-hydrogen) atoms. The number of aryl methyl sites for hydroxylation is 3. The lowest BCUT2D eigenvalue weighted by molar-refractivity contribution is 0.248. The molecule has 1 saturated heterocycles. The second-order valence-corrected chi connectivity index (χ2v) is 8.49. The van der Waals surface area contributed by atoms with Crippen molar-refractivity contribution in [2.24, 2.45) is 5.92 Å². The number of carbonyl (C=O) groups excluding carboxylic acids is 1. The molecule has 1 fully saturated rings. The van der Waals surface area contributed by atoms with Gasteiger partial charge < -0.3 is 10.2 Å². The minimum absolute atomic E-state index is 0.177. The van der Waals surface area contributed by atoms with E-state index in [0.29, 0.717) is 17.6 Å². The molecule has 5 rings (SSSR count). The van der Waals surface area contributed by atoms with Crippen molar-refractivity contribution in [2.75, 3.05) is 29.9 Å². The summed E-state index contributed by atoms with van der Waals surface area (Å²) < 4.78 is 1.75. The Balaban J connectivity index is 1.11. The quantitative estimate of drug-likeness (QED) is 0.697. The molecule has 0 unspecified atom stereocenters. The normalized spacial score (nSPS) is 16.7. The lowest BCUT2D eigenvalue weighted by Gasteiger charge is -2.40. The number of thiazole rings is 1. The van der Waals surface area contributed by atoms with E-state index >= 15 is 0 Å². The maximum absolute atomic E-state index is 12.2. The maximum atomic E-state index is 12.2. The molecule has 2 aliphatic rings. The molecule has 1 aliphatic heterocycles. The fourth-order valence-corrected chi connectivity index (χ4v) is 4.77. The molecular weight excluding hydrogens is 376 g/mol. The van der Waals surface area contributed by atoms with Gasteiger partial charge in [0.15, 0.2) is 16.6 Å². The number of carbonyl (C=O) groups is 1. The van der Waals surface area contributed by atoms with Crippen LogP contribution < -0.4 is 15.5 Å². The first-order valence-electron chi connectivity index (χ1n) is 9.63. The number of fused-ring (bicyclic) bond motifs is 2. The van der Waals surface area contributed by atoms with Crippen molar-refractivity contribution in [1.29, 1.82) is 0 Å². The molecule has 146 valence electrons. The summed E-state index contributed by atoms with van der Waals surface area (Å²) >= 11 is 1.61. The monoisotopic (exact) mass is 398 g/mol. The SMILES string of the molecule is Cc1nnc2ccc(N3CC(CNC(=O)Nc4nc5c(s4)CCCC5)C3)nn12. The Morgan fingerprint density at radius 2 is 2.11 bits per heavy atom. The number of nitrogens with one attached hydrogen (secondary N) is 2. The summed E-state index contributed by atoms with van der Waals surface area (Å²) in [6.07, 6.45) is 4.53. The van der Waals surface area contributed by atoms with E-state index in [2.05, 4.69) is 35.8 Å². The number of hydrogen-bond donors (Lipinski definition) is 2. The van der Waals surface area contributed by atoms with Gasteiger partial charge in [0.25, 0.3) is 0 Å². The third-order valence-corrected chi connectivity index (χ3v) is 6.38. The number of amides is 2. The first kappa shape index (κ1) is 17.4. The van der Waals surface area contributed by atoms with E-state index in [1.54, 1.807) is 15.9 Å². The van der Waals surface area contributed by atoms with Crippen LogP contribution in [0, 0.1) is 12.8 Å². The van der Waals surface area contributed by atoms with Crippen LogP contribution in [0.2, 0.25) is 0 Å². The molecule has 0 saturated carbocycles. The van der Waals surface area contributed by atoms with E-state index in [-0.39, 0.29) is 6.03 Å².